The standard InChI is InChI=1S/C55H94O15/c1-3-5-7-9-11-13-15-17-19-20-21-22-24-25-27-29-31-33-35-37-46(57)65-40-43(68-47(58)38-36-34-32-30-28-26-23-18-16-14-12-10-8-6-4-2)41-66-54-53(64)51(62)49(60)45(70-54)42-67-55-52(63)50(61)48(59)44(39-56)69-55/h11,13,17-19,21-23,25,27,43-45,48-56,59-64H,3-10,12,14-16,20,24,26,28-42H2,1-2H3/b13-11+,19-17+,22-21+,23-18+,27-25+/t43-,44+,45+,48-,49-,50?,51?,52?,53?,54+,55+/m0/s1. The first-order valence-electron chi connectivity index (χ1n) is 26.9. The molecule has 11 atom stereocenters. The molecule has 15 nitrogen and oxygen atoms in total. The van der Waals surface area contributed by atoms with Gasteiger partial charge in [0.25, 0.3) is 0 Å². The van der Waals surface area contributed by atoms with Crippen LogP contribution in [0.3, 0.4) is 0 Å². The Kier molecular flexibility index (Phi) is 37.7. The molecular weight excluding hydrogens is 901 g/mol. The first kappa shape index (κ1) is 63.3. The van der Waals surface area contributed by atoms with E-state index in [1.165, 1.54) is 57.8 Å². The van der Waals surface area contributed by atoms with Crippen molar-refractivity contribution in [2.75, 3.05) is 26.4 Å². The molecule has 2 aliphatic rings. The summed E-state index contributed by atoms with van der Waals surface area (Å²) in [6.07, 6.45) is 31.0. The SMILES string of the molecule is CCCCC/C=C/C/C=C/C/C=C/C/C=C/CCCCCC(=O)OC[C@@H](CO[C@@H]1O[C@H](CO[C@@H]2O[C@H](CO)[C@H](O)C(O)C2O)[C@H](O)C(O)C1O)OC(=O)CCCCCCC/C=C/CCCCCCCC. The van der Waals surface area contributed by atoms with Gasteiger partial charge in [0, 0.05) is 12.8 Å². The lowest BCUT2D eigenvalue weighted by molar-refractivity contribution is -0.332. The average molecular weight is 995 g/mol. The van der Waals surface area contributed by atoms with E-state index >= 15 is 0 Å². The Morgan fingerprint density at radius 3 is 1.40 bits per heavy atom. The van der Waals surface area contributed by atoms with E-state index in [-0.39, 0.29) is 19.4 Å². The molecule has 4 unspecified atom stereocenters. The number of carbonyl (C=O) groups is 2. The van der Waals surface area contributed by atoms with Gasteiger partial charge in [0.15, 0.2) is 18.7 Å². The predicted octanol–water partition coefficient (Wildman–Crippen LogP) is 8.05. The number of esters is 2. The number of rotatable bonds is 41. The summed E-state index contributed by atoms with van der Waals surface area (Å²) in [5.74, 6) is -0.973. The van der Waals surface area contributed by atoms with Gasteiger partial charge in [-0.25, -0.2) is 0 Å². The number of unbranched alkanes of at least 4 members (excludes halogenated alkanes) is 17. The Hall–Kier alpha value is -2.80. The molecule has 0 bridgehead atoms. The van der Waals surface area contributed by atoms with Gasteiger partial charge in [-0.05, 0) is 83.5 Å². The fourth-order valence-electron chi connectivity index (χ4n) is 8.02. The van der Waals surface area contributed by atoms with Crippen LogP contribution < -0.4 is 0 Å². The lowest BCUT2D eigenvalue weighted by atomic mass is 9.98. The van der Waals surface area contributed by atoms with Crippen LogP contribution >= 0.6 is 0 Å². The van der Waals surface area contributed by atoms with E-state index in [9.17, 15) is 45.3 Å². The number of carbonyl (C=O) groups excluding carboxylic acids is 2. The summed E-state index contributed by atoms with van der Waals surface area (Å²) in [5, 5.41) is 72.1. The van der Waals surface area contributed by atoms with Gasteiger partial charge in [0.2, 0.25) is 0 Å². The lowest BCUT2D eigenvalue weighted by Gasteiger charge is -2.42. The third-order valence-corrected chi connectivity index (χ3v) is 12.5. The van der Waals surface area contributed by atoms with Crippen LogP contribution in [0.2, 0.25) is 0 Å². The van der Waals surface area contributed by atoms with E-state index in [4.69, 9.17) is 28.4 Å². The summed E-state index contributed by atoms with van der Waals surface area (Å²) in [7, 11) is 0. The maximum atomic E-state index is 13.0. The first-order valence-corrected chi connectivity index (χ1v) is 26.9. The second kappa shape index (κ2) is 41.6. The molecule has 404 valence electrons. The topological polar surface area (TPSA) is 231 Å². The number of aliphatic hydroxyl groups is 7. The molecule has 0 radical (unpaired) electrons. The monoisotopic (exact) mass is 995 g/mol. The van der Waals surface area contributed by atoms with Crippen LogP contribution in [-0.4, -0.2) is 142 Å². The fourth-order valence-corrected chi connectivity index (χ4v) is 8.02. The van der Waals surface area contributed by atoms with E-state index in [0.717, 1.165) is 83.5 Å². The van der Waals surface area contributed by atoms with Crippen LogP contribution in [-0.2, 0) is 38.0 Å². The Morgan fingerprint density at radius 2 is 0.857 bits per heavy atom. The zero-order valence-electron chi connectivity index (χ0n) is 42.7. The second-order valence-corrected chi connectivity index (χ2v) is 18.7. The Labute approximate surface area is 420 Å². The van der Waals surface area contributed by atoms with Gasteiger partial charge in [0.05, 0.1) is 19.8 Å². The van der Waals surface area contributed by atoms with Crippen molar-refractivity contribution in [2.45, 2.75) is 248 Å². The Bertz CT molecular complexity index is 1450. The molecule has 0 saturated carbocycles. The summed E-state index contributed by atoms with van der Waals surface area (Å²) in [6.45, 7) is 2.51. The maximum Gasteiger partial charge on any atom is 0.306 e. The van der Waals surface area contributed by atoms with E-state index in [1.807, 2.05) is 0 Å². The average Bonchev–Trinajstić information content (AvgIpc) is 3.35. The molecule has 2 heterocycles. The summed E-state index contributed by atoms with van der Waals surface area (Å²) >= 11 is 0. The number of hydrogen-bond donors (Lipinski definition) is 7. The van der Waals surface area contributed by atoms with Crippen LogP contribution in [0.15, 0.2) is 60.8 Å². The van der Waals surface area contributed by atoms with Gasteiger partial charge in [-0.15, -0.1) is 0 Å². The van der Waals surface area contributed by atoms with Crippen molar-refractivity contribution in [2.24, 2.45) is 0 Å². The lowest BCUT2D eigenvalue weighted by Crippen LogP contribution is -2.61. The zero-order chi connectivity index (χ0) is 51.0. The van der Waals surface area contributed by atoms with Crippen molar-refractivity contribution in [1.29, 1.82) is 0 Å². The molecule has 0 aromatic carbocycles. The molecule has 0 aromatic heterocycles. The van der Waals surface area contributed by atoms with E-state index < -0.39 is 99.3 Å². The highest BCUT2D eigenvalue weighted by Gasteiger charge is 2.47. The van der Waals surface area contributed by atoms with Crippen LogP contribution in [0.1, 0.15) is 181 Å². The van der Waals surface area contributed by atoms with Gasteiger partial charge < -0.3 is 64.2 Å². The first-order chi connectivity index (χ1) is 34.0. The minimum Gasteiger partial charge on any atom is -0.462 e. The Morgan fingerprint density at radius 1 is 0.457 bits per heavy atom. The molecule has 0 spiro atoms. The molecular formula is C55H94O15. The van der Waals surface area contributed by atoms with Crippen molar-refractivity contribution >= 4 is 11.9 Å². The highest BCUT2D eigenvalue weighted by Crippen LogP contribution is 2.26. The third kappa shape index (κ3) is 29.0. The summed E-state index contributed by atoms with van der Waals surface area (Å²) in [4.78, 5) is 25.8. The number of aliphatic hydroxyl groups excluding tert-OH is 7. The van der Waals surface area contributed by atoms with Crippen molar-refractivity contribution in [1.82, 2.24) is 0 Å². The molecule has 2 rings (SSSR count). The van der Waals surface area contributed by atoms with Crippen LogP contribution in [0.25, 0.3) is 0 Å². The van der Waals surface area contributed by atoms with Crippen molar-refractivity contribution in [3.8, 4) is 0 Å². The quantitative estimate of drug-likeness (QED) is 0.0175. The normalized spacial score (nSPS) is 25.8. The summed E-state index contributed by atoms with van der Waals surface area (Å²) < 4.78 is 33.6. The van der Waals surface area contributed by atoms with Crippen LogP contribution in [0.5, 0.6) is 0 Å². The third-order valence-electron chi connectivity index (χ3n) is 12.5. The highest BCUT2D eigenvalue weighted by molar-refractivity contribution is 5.70. The second-order valence-electron chi connectivity index (χ2n) is 18.7. The number of hydrogen-bond acceptors (Lipinski definition) is 15. The smallest absolute Gasteiger partial charge is 0.306 e. The maximum absolute atomic E-state index is 13.0. The molecule has 0 aromatic rings. The largest absolute Gasteiger partial charge is 0.462 e. The van der Waals surface area contributed by atoms with E-state index in [0.29, 0.717) is 12.8 Å². The minimum atomic E-state index is -1.77. The van der Waals surface area contributed by atoms with Gasteiger partial charge in [-0.2, -0.15) is 0 Å². The highest BCUT2D eigenvalue weighted by atomic mass is 16.7. The molecule has 70 heavy (non-hydrogen) atoms. The van der Waals surface area contributed by atoms with Crippen LogP contribution in [0.4, 0.5) is 0 Å². The van der Waals surface area contributed by atoms with Gasteiger partial charge in [-0.1, -0.05) is 145 Å². The fraction of sp³-hybridized carbons (Fsp3) is 0.782. The van der Waals surface area contributed by atoms with E-state index in [2.05, 4.69) is 74.6 Å². The molecule has 15 heteroatoms. The molecule has 2 fully saturated rings. The van der Waals surface area contributed by atoms with Gasteiger partial charge in [0.1, 0.15) is 55.4 Å². The summed E-state index contributed by atoms with van der Waals surface area (Å²) in [6, 6.07) is 0. The summed E-state index contributed by atoms with van der Waals surface area (Å²) in [5.41, 5.74) is 0. The van der Waals surface area contributed by atoms with Gasteiger partial charge in [-0.3, -0.25) is 9.59 Å². The van der Waals surface area contributed by atoms with Crippen molar-refractivity contribution in [3.63, 3.8) is 0 Å². The predicted molar refractivity (Wildman–Crippen MR) is 270 cm³/mol. The van der Waals surface area contributed by atoms with E-state index in [1.54, 1.807) is 0 Å². The number of allylic oxidation sites excluding steroid dienone is 10. The van der Waals surface area contributed by atoms with Crippen molar-refractivity contribution in [3.05, 3.63) is 60.8 Å². The molecule has 0 aliphatic carbocycles. The van der Waals surface area contributed by atoms with Crippen molar-refractivity contribution < 1.29 is 73.8 Å². The molecule has 0 amide bonds. The molecule has 2 aliphatic heterocycles. The molecule has 2 saturated heterocycles. The molecule has 7 N–H and O–H groups in total. The van der Waals surface area contributed by atoms with Gasteiger partial charge >= 0.3 is 11.9 Å². The van der Waals surface area contributed by atoms with Crippen LogP contribution in [0, 0.1) is 0 Å². The minimum absolute atomic E-state index is 0.146. The Balaban J connectivity index is 1.81. The zero-order valence-corrected chi connectivity index (χ0v) is 42.7. The number of ether oxygens (including phenoxy) is 6.